The van der Waals surface area contributed by atoms with Crippen LogP contribution < -0.4 is 0 Å². The predicted octanol–water partition coefficient (Wildman–Crippen LogP) is 16.8. The van der Waals surface area contributed by atoms with Crippen LogP contribution in [0.25, 0.3) is 33.0 Å². The summed E-state index contributed by atoms with van der Waals surface area (Å²) < 4.78 is 0. The van der Waals surface area contributed by atoms with Crippen molar-refractivity contribution in [3.8, 4) is 22.3 Å². The third-order valence-electron chi connectivity index (χ3n) is 12.9. The van der Waals surface area contributed by atoms with Crippen molar-refractivity contribution >= 4 is 10.8 Å². The summed E-state index contributed by atoms with van der Waals surface area (Å²) in [4.78, 5) is 0. The van der Waals surface area contributed by atoms with Gasteiger partial charge in [0.2, 0.25) is 0 Å². The number of fused-ring (bicyclic) bond motifs is 7. The van der Waals surface area contributed by atoms with Crippen molar-refractivity contribution in [1.29, 1.82) is 0 Å². The van der Waals surface area contributed by atoms with Crippen LogP contribution >= 0.6 is 0 Å². The van der Waals surface area contributed by atoms with Crippen molar-refractivity contribution in [3.63, 3.8) is 0 Å². The van der Waals surface area contributed by atoms with Gasteiger partial charge in [0.15, 0.2) is 0 Å². The molecular weight excluding hydrogens is 733 g/mol. The van der Waals surface area contributed by atoms with Crippen molar-refractivity contribution < 1.29 is 0 Å². The number of hydrogen-bond acceptors (Lipinski definition) is 0. The maximum Gasteiger partial charge on any atom is 0.0159 e. The number of rotatable bonds is 8. The molecule has 8 aromatic carbocycles. The highest BCUT2D eigenvalue weighted by Gasteiger charge is 2.36. The average Bonchev–Trinajstić information content (AvgIpc) is 3.64. The lowest BCUT2D eigenvalue weighted by atomic mass is 9.81. The van der Waals surface area contributed by atoms with Crippen LogP contribution in [-0.2, 0) is 36.5 Å². The molecule has 0 saturated carbocycles. The molecule has 0 spiro atoms. The van der Waals surface area contributed by atoms with Crippen molar-refractivity contribution in [3.05, 3.63) is 238 Å². The summed E-state index contributed by atoms with van der Waals surface area (Å²) in [5.74, 6) is 0. The van der Waals surface area contributed by atoms with Gasteiger partial charge >= 0.3 is 0 Å². The van der Waals surface area contributed by atoms with Crippen LogP contribution in [0.3, 0.4) is 0 Å². The fourth-order valence-corrected chi connectivity index (χ4v) is 9.48. The highest BCUT2D eigenvalue weighted by atomic mass is 14.4. The van der Waals surface area contributed by atoms with Crippen LogP contribution in [0.1, 0.15) is 105 Å². The molecule has 0 atom stereocenters. The molecule has 0 saturated heterocycles. The molecule has 0 heterocycles. The van der Waals surface area contributed by atoms with Crippen LogP contribution in [0.5, 0.6) is 0 Å². The van der Waals surface area contributed by atoms with Gasteiger partial charge in [-0.05, 0) is 129 Å². The summed E-state index contributed by atoms with van der Waals surface area (Å²) in [7, 11) is 0. The summed E-state index contributed by atoms with van der Waals surface area (Å²) >= 11 is 0. The third kappa shape index (κ3) is 9.66. The third-order valence-corrected chi connectivity index (χ3v) is 12.9. The Morgan fingerprint density at radius 3 is 1.20 bits per heavy atom. The Hall–Kier alpha value is -5.98. The van der Waals surface area contributed by atoms with Crippen LogP contribution in [0.4, 0.5) is 0 Å². The molecule has 0 fully saturated rings. The summed E-state index contributed by atoms with van der Waals surface area (Å²) in [6, 6.07) is 68.4. The molecule has 310 valence electrons. The zero-order chi connectivity index (χ0) is 40.8. The minimum absolute atomic E-state index is 0. The molecule has 0 N–H and O–H groups in total. The lowest BCUT2D eigenvalue weighted by molar-refractivity contribution is 0.656. The van der Waals surface area contributed by atoms with Crippen molar-refractivity contribution in [1.82, 2.24) is 0 Å². The normalized spacial score (nSPS) is 13.1. The highest BCUT2D eigenvalue weighted by molar-refractivity contribution is 5.85. The molecule has 0 unspecified atom stereocenters. The lowest BCUT2D eigenvalue weighted by Gasteiger charge is -2.22. The van der Waals surface area contributed by atoms with Gasteiger partial charge in [-0.25, -0.2) is 0 Å². The van der Waals surface area contributed by atoms with E-state index < -0.39 is 0 Å². The van der Waals surface area contributed by atoms with E-state index in [9.17, 15) is 0 Å². The Bertz CT molecular complexity index is 2510. The first-order chi connectivity index (χ1) is 28.7. The van der Waals surface area contributed by atoms with Crippen molar-refractivity contribution in [2.75, 3.05) is 0 Å². The minimum Gasteiger partial charge on any atom is -0.0776 e. The van der Waals surface area contributed by atoms with E-state index in [1.807, 2.05) is 0 Å². The van der Waals surface area contributed by atoms with Gasteiger partial charge in [-0.1, -0.05) is 231 Å². The molecule has 2 aliphatic carbocycles. The van der Waals surface area contributed by atoms with Gasteiger partial charge in [-0.2, -0.15) is 0 Å². The van der Waals surface area contributed by atoms with Crippen LogP contribution in [0, 0.1) is 6.92 Å². The lowest BCUT2D eigenvalue weighted by Crippen LogP contribution is -2.15. The van der Waals surface area contributed by atoms with Crippen molar-refractivity contribution in [2.45, 2.75) is 98.8 Å². The molecule has 0 radical (unpaired) electrons. The number of hydrogen-bond donors (Lipinski definition) is 0. The second-order valence-corrected chi connectivity index (χ2v) is 17.6. The zero-order valence-electron chi connectivity index (χ0n) is 35.6. The SMILES string of the molecule is C.C.CC1(C)c2cc(CCCc3ccccc3)ccc2-c2ccc(CCCc3ccccc3)cc21.CC1(C)c2ccccc2-c2ccccc21.Cc1cccc2ccccc12. The Kier molecular flexibility index (Phi) is 14.3. The van der Waals surface area contributed by atoms with Gasteiger partial charge in [0.25, 0.3) is 0 Å². The van der Waals surface area contributed by atoms with E-state index in [1.165, 1.54) is 95.9 Å². The number of aryl methyl sites for hydroxylation is 5. The fraction of sp³-hybridized carbons (Fsp3) is 0.246. The maximum absolute atomic E-state index is 2.48. The molecule has 2 aliphatic rings. The molecule has 0 bridgehead atoms. The maximum atomic E-state index is 2.48. The smallest absolute Gasteiger partial charge is 0.0159 e. The van der Waals surface area contributed by atoms with E-state index in [0.29, 0.717) is 0 Å². The van der Waals surface area contributed by atoms with E-state index in [0.717, 1.165) is 25.7 Å². The second-order valence-electron chi connectivity index (χ2n) is 17.6. The Balaban J connectivity index is 0.000000182. The number of benzene rings is 8. The van der Waals surface area contributed by atoms with E-state index in [4.69, 9.17) is 0 Å². The van der Waals surface area contributed by atoms with Gasteiger partial charge < -0.3 is 0 Å². The summed E-state index contributed by atoms with van der Waals surface area (Å²) in [5.41, 5.74) is 18.9. The quantitative estimate of drug-likeness (QED) is 0.144. The van der Waals surface area contributed by atoms with Crippen LogP contribution in [0.2, 0.25) is 0 Å². The minimum atomic E-state index is 0. The van der Waals surface area contributed by atoms with E-state index in [1.54, 1.807) is 0 Å². The molecule has 0 nitrogen and oxygen atoms in total. The first kappa shape index (κ1) is 44.6. The topological polar surface area (TPSA) is 0 Å². The van der Waals surface area contributed by atoms with Gasteiger partial charge in [0.1, 0.15) is 0 Å². The van der Waals surface area contributed by atoms with Crippen LogP contribution in [-0.4, -0.2) is 0 Å². The van der Waals surface area contributed by atoms with E-state index >= 15 is 0 Å². The summed E-state index contributed by atoms with van der Waals surface area (Å²) in [6.07, 6.45) is 6.96. The fourth-order valence-electron chi connectivity index (χ4n) is 9.48. The molecule has 0 amide bonds. The molecule has 0 aliphatic heterocycles. The van der Waals surface area contributed by atoms with Gasteiger partial charge in [0.05, 0.1) is 0 Å². The van der Waals surface area contributed by atoms with Crippen LogP contribution in [0.15, 0.2) is 188 Å². The Morgan fingerprint density at radius 2 is 0.705 bits per heavy atom. The Labute approximate surface area is 368 Å². The van der Waals surface area contributed by atoms with E-state index in [-0.39, 0.29) is 25.7 Å². The summed E-state index contributed by atoms with van der Waals surface area (Å²) in [6.45, 7) is 11.6. The second kappa shape index (κ2) is 19.6. The molecule has 8 aromatic rings. The average molecular weight is 799 g/mol. The largest absolute Gasteiger partial charge is 0.0776 e. The molecule has 0 aromatic heterocycles. The molecular formula is C61H66. The summed E-state index contributed by atoms with van der Waals surface area (Å²) in [5, 5.41) is 2.68. The first-order valence-corrected chi connectivity index (χ1v) is 21.7. The standard InChI is InChI=1S/C33H34.C15H14.C11H10.2CH4/c1-33(2)31-23-27(17-9-15-25-11-5-3-6-12-25)19-21-29(31)30-22-20-28(24-32(30)33)18-10-16-26-13-7-4-8-14-26;1-15(2)13-9-5-3-7-11(13)12-8-4-6-10-14(12)15;1-9-5-4-7-10-6-2-3-8-11(9)10;;/h3-8,11-14,19-24H,9-10,15-18H2,1-2H3;3-10H,1-2H3;2-8H,1H3;2*1H4. The van der Waals surface area contributed by atoms with E-state index in [2.05, 4.69) is 223 Å². The van der Waals surface area contributed by atoms with Gasteiger partial charge in [0, 0.05) is 10.8 Å². The molecule has 0 heteroatoms. The van der Waals surface area contributed by atoms with Gasteiger partial charge in [-0.15, -0.1) is 0 Å². The van der Waals surface area contributed by atoms with Gasteiger partial charge in [-0.3, -0.25) is 0 Å². The monoisotopic (exact) mass is 799 g/mol. The Morgan fingerprint density at radius 1 is 0.328 bits per heavy atom. The molecule has 10 rings (SSSR count). The predicted molar refractivity (Wildman–Crippen MR) is 267 cm³/mol. The molecule has 61 heavy (non-hydrogen) atoms. The first-order valence-electron chi connectivity index (χ1n) is 21.7. The zero-order valence-corrected chi connectivity index (χ0v) is 35.6. The highest BCUT2D eigenvalue weighted by Crippen LogP contribution is 2.50. The van der Waals surface area contributed by atoms with Crippen molar-refractivity contribution in [2.24, 2.45) is 0 Å².